The average Bonchev–Trinajstić information content (AvgIpc) is 3.09. The minimum Gasteiger partial charge on any atom is -0.493 e. The lowest BCUT2D eigenvalue weighted by Gasteiger charge is -2.16. The number of aryl methyl sites for hydroxylation is 2. The first-order valence-electron chi connectivity index (χ1n) is 9.37. The number of hydrogen-bond acceptors (Lipinski definition) is 4. The van der Waals surface area contributed by atoms with Crippen molar-refractivity contribution in [3.05, 3.63) is 54.1 Å². The van der Waals surface area contributed by atoms with E-state index in [1.165, 1.54) is 5.56 Å². The molecule has 142 valence electrons. The monoisotopic (exact) mass is 357 g/mol. The molecule has 5 heteroatoms. The maximum atomic E-state index is 5.76. The van der Waals surface area contributed by atoms with Crippen LogP contribution in [0.5, 0.6) is 11.5 Å². The van der Waals surface area contributed by atoms with E-state index in [1.807, 2.05) is 19.2 Å². The summed E-state index contributed by atoms with van der Waals surface area (Å²) < 4.78 is 13.5. The Hall–Kier alpha value is -2.27. The zero-order chi connectivity index (χ0) is 18.8. The summed E-state index contributed by atoms with van der Waals surface area (Å²) in [5, 5.41) is 3.52. The van der Waals surface area contributed by atoms with Crippen LogP contribution >= 0.6 is 0 Å². The minimum absolute atomic E-state index is 0.617. The number of hydrogen-bond donors (Lipinski definition) is 1. The van der Waals surface area contributed by atoms with Crippen LogP contribution < -0.4 is 14.8 Å². The maximum absolute atomic E-state index is 5.76. The summed E-state index contributed by atoms with van der Waals surface area (Å²) in [7, 11) is 1.68. The second-order valence-electron chi connectivity index (χ2n) is 6.13. The molecule has 2 aromatic rings. The molecule has 0 saturated carbocycles. The topological polar surface area (TPSA) is 48.3 Å². The van der Waals surface area contributed by atoms with Crippen molar-refractivity contribution in [2.24, 2.45) is 0 Å². The van der Waals surface area contributed by atoms with Crippen molar-refractivity contribution in [1.29, 1.82) is 0 Å². The van der Waals surface area contributed by atoms with Gasteiger partial charge in [-0.2, -0.15) is 0 Å². The predicted octanol–water partition coefficient (Wildman–Crippen LogP) is 3.76. The number of allylic oxidation sites excluding steroid dienone is 1. The van der Waals surface area contributed by atoms with Crippen LogP contribution in [0.3, 0.4) is 0 Å². The first-order valence-corrected chi connectivity index (χ1v) is 9.37. The molecule has 0 aliphatic heterocycles. The zero-order valence-corrected chi connectivity index (χ0v) is 16.3. The van der Waals surface area contributed by atoms with Gasteiger partial charge in [0.1, 0.15) is 5.82 Å². The third-order valence-electron chi connectivity index (χ3n) is 4.26. The summed E-state index contributed by atoms with van der Waals surface area (Å²) in [5.74, 6) is 2.76. The highest BCUT2D eigenvalue weighted by Crippen LogP contribution is 2.33. The highest BCUT2D eigenvalue weighted by atomic mass is 16.5. The Bertz CT molecular complexity index is 695. The van der Waals surface area contributed by atoms with Gasteiger partial charge in [0.15, 0.2) is 11.5 Å². The number of nitrogens with one attached hydrogen (secondary N) is 1. The molecule has 1 aromatic carbocycles. The number of ether oxygens (including phenoxy) is 2. The van der Waals surface area contributed by atoms with E-state index < -0.39 is 0 Å². The summed E-state index contributed by atoms with van der Waals surface area (Å²) >= 11 is 0. The smallest absolute Gasteiger partial charge is 0.164 e. The van der Waals surface area contributed by atoms with Gasteiger partial charge in [-0.05, 0) is 37.9 Å². The van der Waals surface area contributed by atoms with Gasteiger partial charge in [-0.15, -0.1) is 6.58 Å². The molecule has 1 aromatic heterocycles. The summed E-state index contributed by atoms with van der Waals surface area (Å²) in [6.07, 6.45) is 8.62. The number of nitrogens with zero attached hydrogens (tertiary/aromatic N) is 2. The van der Waals surface area contributed by atoms with Crippen LogP contribution in [0.2, 0.25) is 0 Å². The molecule has 0 amide bonds. The molecule has 2 rings (SSSR count). The fourth-order valence-corrected chi connectivity index (χ4v) is 3.09. The van der Waals surface area contributed by atoms with Crippen LogP contribution in [0, 0.1) is 0 Å². The lowest BCUT2D eigenvalue weighted by Crippen LogP contribution is -2.17. The van der Waals surface area contributed by atoms with Crippen LogP contribution in [0.25, 0.3) is 0 Å². The summed E-state index contributed by atoms with van der Waals surface area (Å²) in [4.78, 5) is 4.36. The van der Waals surface area contributed by atoms with Crippen molar-refractivity contribution in [1.82, 2.24) is 14.9 Å². The lowest BCUT2D eigenvalue weighted by molar-refractivity contribution is 0.309. The van der Waals surface area contributed by atoms with E-state index in [2.05, 4.69) is 46.7 Å². The quantitative estimate of drug-likeness (QED) is 0.464. The Morgan fingerprint density at radius 1 is 1.31 bits per heavy atom. The normalized spacial score (nSPS) is 10.7. The molecular weight excluding hydrogens is 326 g/mol. The van der Waals surface area contributed by atoms with Crippen molar-refractivity contribution >= 4 is 0 Å². The number of rotatable bonds is 12. The van der Waals surface area contributed by atoms with Gasteiger partial charge in [-0.3, -0.25) is 0 Å². The number of aromatic nitrogens is 2. The molecule has 0 bridgehead atoms. The van der Waals surface area contributed by atoms with E-state index in [1.54, 1.807) is 7.11 Å². The highest BCUT2D eigenvalue weighted by Gasteiger charge is 2.12. The molecule has 0 aliphatic rings. The molecule has 0 radical (unpaired) electrons. The fourth-order valence-electron chi connectivity index (χ4n) is 3.09. The number of benzene rings is 1. The van der Waals surface area contributed by atoms with Crippen LogP contribution in [0.4, 0.5) is 0 Å². The molecule has 0 aliphatic carbocycles. The van der Waals surface area contributed by atoms with Gasteiger partial charge in [-0.25, -0.2) is 4.98 Å². The Balaban J connectivity index is 1.92. The van der Waals surface area contributed by atoms with Crippen molar-refractivity contribution in [3.8, 4) is 11.5 Å². The summed E-state index contributed by atoms with van der Waals surface area (Å²) in [6.45, 7) is 11.3. The van der Waals surface area contributed by atoms with E-state index in [0.717, 1.165) is 61.8 Å². The molecule has 0 fully saturated rings. The van der Waals surface area contributed by atoms with Gasteiger partial charge in [0, 0.05) is 37.5 Å². The molecule has 5 nitrogen and oxygen atoms in total. The van der Waals surface area contributed by atoms with Gasteiger partial charge >= 0.3 is 0 Å². The van der Waals surface area contributed by atoms with Crippen LogP contribution in [-0.4, -0.2) is 29.8 Å². The molecule has 1 N–H and O–H groups in total. The molecule has 0 atom stereocenters. The zero-order valence-electron chi connectivity index (χ0n) is 16.3. The van der Waals surface area contributed by atoms with Crippen LogP contribution in [0.15, 0.2) is 37.2 Å². The summed E-state index contributed by atoms with van der Waals surface area (Å²) in [6, 6.07) is 4.23. The van der Waals surface area contributed by atoms with Gasteiger partial charge in [0.05, 0.1) is 13.7 Å². The van der Waals surface area contributed by atoms with Crippen molar-refractivity contribution in [2.45, 2.75) is 46.2 Å². The first kappa shape index (κ1) is 20.0. The highest BCUT2D eigenvalue weighted by molar-refractivity contribution is 5.50. The molecule has 0 unspecified atom stereocenters. The largest absolute Gasteiger partial charge is 0.493 e. The minimum atomic E-state index is 0.617. The van der Waals surface area contributed by atoms with Crippen LogP contribution in [0.1, 0.15) is 37.2 Å². The molecule has 0 saturated heterocycles. The second-order valence-corrected chi connectivity index (χ2v) is 6.13. The average molecular weight is 357 g/mol. The van der Waals surface area contributed by atoms with Crippen molar-refractivity contribution in [2.75, 3.05) is 20.3 Å². The van der Waals surface area contributed by atoms with E-state index in [0.29, 0.717) is 6.61 Å². The molecule has 26 heavy (non-hydrogen) atoms. The Kier molecular flexibility index (Phi) is 8.22. The van der Waals surface area contributed by atoms with E-state index in [-0.39, 0.29) is 0 Å². The van der Waals surface area contributed by atoms with Crippen LogP contribution in [-0.2, 0) is 25.9 Å². The molecule has 0 spiro atoms. The SMILES string of the molecule is C=CCc1cc(CNCCCn2ccnc2CC)cc(OCC)c1OC. The van der Waals surface area contributed by atoms with E-state index in [9.17, 15) is 0 Å². The third kappa shape index (κ3) is 5.36. The van der Waals surface area contributed by atoms with Gasteiger partial charge < -0.3 is 19.4 Å². The Morgan fingerprint density at radius 2 is 2.15 bits per heavy atom. The van der Waals surface area contributed by atoms with E-state index in [4.69, 9.17) is 9.47 Å². The Labute approximate surface area is 157 Å². The standard InChI is InChI=1S/C21H31N3O2/c1-5-9-18-14-17(15-19(26-7-3)21(18)25-4)16-22-10-8-12-24-13-11-23-20(24)6-2/h5,11,13-15,22H,1,6-10,12,16H2,2-4H3. The number of methoxy groups -OCH3 is 1. The number of imidazole rings is 1. The molecule has 1 heterocycles. The maximum Gasteiger partial charge on any atom is 0.164 e. The van der Waals surface area contributed by atoms with Crippen molar-refractivity contribution in [3.63, 3.8) is 0 Å². The fraction of sp³-hybridized carbons (Fsp3) is 0.476. The second kappa shape index (κ2) is 10.7. The molecular formula is C21H31N3O2. The van der Waals surface area contributed by atoms with Gasteiger partial charge in [-0.1, -0.05) is 19.1 Å². The third-order valence-corrected chi connectivity index (χ3v) is 4.26. The van der Waals surface area contributed by atoms with Crippen molar-refractivity contribution < 1.29 is 9.47 Å². The predicted molar refractivity (Wildman–Crippen MR) is 106 cm³/mol. The Morgan fingerprint density at radius 3 is 2.85 bits per heavy atom. The first-order chi connectivity index (χ1) is 12.7. The van der Waals surface area contributed by atoms with E-state index >= 15 is 0 Å². The van der Waals surface area contributed by atoms with Gasteiger partial charge in [0.25, 0.3) is 0 Å². The lowest BCUT2D eigenvalue weighted by atomic mass is 10.1. The summed E-state index contributed by atoms with van der Waals surface area (Å²) in [5.41, 5.74) is 2.30. The van der Waals surface area contributed by atoms with Gasteiger partial charge in [0.2, 0.25) is 0 Å².